The molecule has 2 rings (SSSR count). The zero-order valence-corrected chi connectivity index (χ0v) is 12.5. The van der Waals surface area contributed by atoms with Gasteiger partial charge in [0.2, 0.25) is 0 Å². The van der Waals surface area contributed by atoms with Gasteiger partial charge in [0.05, 0.1) is 6.04 Å². The van der Waals surface area contributed by atoms with Crippen molar-refractivity contribution in [2.24, 2.45) is 0 Å². The first-order valence-corrected chi connectivity index (χ1v) is 7.37. The summed E-state index contributed by atoms with van der Waals surface area (Å²) in [6.45, 7) is 4.30. The molecule has 0 bridgehead atoms. The van der Waals surface area contributed by atoms with E-state index in [4.69, 9.17) is 11.6 Å². The molecular formula is C15H18ClNS. The minimum Gasteiger partial charge on any atom is -0.309 e. The number of benzene rings is 1. The van der Waals surface area contributed by atoms with E-state index in [0.717, 1.165) is 11.4 Å². The highest BCUT2D eigenvalue weighted by Crippen LogP contribution is 2.31. The summed E-state index contributed by atoms with van der Waals surface area (Å²) in [7, 11) is 2.00. The van der Waals surface area contributed by atoms with Crippen molar-refractivity contribution in [3.05, 3.63) is 56.2 Å². The van der Waals surface area contributed by atoms with Crippen LogP contribution in [0.3, 0.4) is 0 Å². The van der Waals surface area contributed by atoms with Crippen LogP contribution in [0.5, 0.6) is 0 Å². The van der Waals surface area contributed by atoms with Crippen molar-refractivity contribution < 1.29 is 0 Å². The van der Waals surface area contributed by atoms with Crippen molar-refractivity contribution in [3.8, 4) is 0 Å². The molecule has 18 heavy (non-hydrogen) atoms. The predicted molar refractivity (Wildman–Crippen MR) is 80.8 cm³/mol. The maximum absolute atomic E-state index is 6.02. The molecule has 0 aliphatic rings. The van der Waals surface area contributed by atoms with E-state index in [1.165, 1.54) is 20.9 Å². The van der Waals surface area contributed by atoms with E-state index in [2.05, 4.69) is 37.4 Å². The molecule has 1 nitrogen and oxygen atoms in total. The van der Waals surface area contributed by atoms with Gasteiger partial charge >= 0.3 is 0 Å². The average molecular weight is 280 g/mol. The van der Waals surface area contributed by atoms with Crippen molar-refractivity contribution in [2.75, 3.05) is 7.05 Å². The van der Waals surface area contributed by atoms with E-state index in [1.807, 2.05) is 30.5 Å². The topological polar surface area (TPSA) is 12.0 Å². The Morgan fingerprint density at radius 1 is 1.28 bits per heavy atom. The third kappa shape index (κ3) is 2.77. The van der Waals surface area contributed by atoms with Gasteiger partial charge in [-0.15, -0.1) is 11.3 Å². The number of rotatable bonds is 4. The summed E-state index contributed by atoms with van der Waals surface area (Å²) in [4.78, 5) is 2.79. The number of hydrogen-bond donors (Lipinski definition) is 1. The number of hydrogen-bond acceptors (Lipinski definition) is 2. The van der Waals surface area contributed by atoms with Crippen LogP contribution < -0.4 is 5.32 Å². The van der Waals surface area contributed by atoms with Crippen molar-refractivity contribution in [1.29, 1.82) is 0 Å². The summed E-state index contributed by atoms with van der Waals surface area (Å²) in [6.07, 6.45) is 1.10. The smallest absolute Gasteiger partial charge is 0.0671 e. The Morgan fingerprint density at radius 2 is 2.06 bits per heavy atom. The zero-order chi connectivity index (χ0) is 13.1. The Balaban J connectivity index is 2.38. The van der Waals surface area contributed by atoms with E-state index in [0.29, 0.717) is 0 Å². The molecule has 3 heteroatoms. The lowest BCUT2D eigenvalue weighted by atomic mass is 10.0. The molecule has 0 fully saturated rings. The average Bonchev–Trinajstić information content (AvgIpc) is 2.81. The minimum atomic E-state index is 0.257. The minimum absolute atomic E-state index is 0.257. The number of thiophene rings is 1. The van der Waals surface area contributed by atoms with Crippen LogP contribution in [0.25, 0.3) is 0 Å². The molecule has 0 spiro atoms. The van der Waals surface area contributed by atoms with Crippen molar-refractivity contribution in [1.82, 2.24) is 5.32 Å². The van der Waals surface area contributed by atoms with Gasteiger partial charge in [-0.05, 0) is 55.8 Å². The van der Waals surface area contributed by atoms with Crippen LogP contribution in [0.2, 0.25) is 5.02 Å². The molecule has 1 aromatic heterocycles. The van der Waals surface area contributed by atoms with Crippen LogP contribution in [-0.4, -0.2) is 7.05 Å². The van der Waals surface area contributed by atoms with Crippen LogP contribution in [0.15, 0.2) is 30.3 Å². The van der Waals surface area contributed by atoms with Gasteiger partial charge < -0.3 is 5.32 Å². The lowest BCUT2D eigenvalue weighted by Gasteiger charge is -2.17. The highest BCUT2D eigenvalue weighted by Gasteiger charge is 2.16. The lowest BCUT2D eigenvalue weighted by Crippen LogP contribution is -2.17. The summed E-state index contributed by atoms with van der Waals surface area (Å²) in [6, 6.07) is 10.8. The molecule has 2 aromatic rings. The summed E-state index contributed by atoms with van der Waals surface area (Å²) in [5.74, 6) is 0. The Labute approximate surface area is 118 Å². The van der Waals surface area contributed by atoms with Crippen LogP contribution in [0, 0.1) is 6.92 Å². The molecule has 1 atom stereocenters. The monoisotopic (exact) mass is 279 g/mol. The van der Waals surface area contributed by atoms with Gasteiger partial charge in [0, 0.05) is 14.8 Å². The fourth-order valence-corrected chi connectivity index (χ4v) is 3.46. The third-order valence-corrected chi connectivity index (χ3v) is 4.68. The molecule has 1 aromatic carbocycles. The second-order valence-corrected chi connectivity index (χ2v) is 6.02. The molecule has 1 N–H and O–H groups in total. The van der Waals surface area contributed by atoms with Crippen LogP contribution in [-0.2, 0) is 6.42 Å². The molecule has 0 saturated carbocycles. The van der Waals surface area contributed by atoms with Gasteiger partial charge in [-0.1, -0.05) is 24.6 Å². The normalized spacial score (nSPS) is 12.7. The lowest BCUT2D eigenvalue weighted by molar-refractivity contribution is 0.699. The first kappa shape index (κ1) is 13.6. The van der Waals surface area contributed by atoms with E-state index in [-0.39, 0.29) is 6.04 Å². The van der Waals surface area contributed by atoms with Crippen molar-refractivity contribution in [3.63, 3.8) is 0 Å². The summed E-state index contributed by atoms with van der Waals surface area (Å²) >= 11 is 7.90. The largest absolute Gasteiger partial charge is 0.309 e. The molecule has 0 amide bonds. The third-order valence-electron chi connectivity index (χ3n) is 3.15. The van der Waals surface area contributed by atoms with Gasteiger partial charge in [-0.2, -0.15) is 0 Å². The number of halogens is 1. The standard InChI is InChI=1S/C15H18ClNS/c1-4-12-6-8-14(18-12)15(17-3)13-7-5-11(16)9-10(13)2/h5-9,15,17H,4H2,1-3H3. The molecule has 1 heterocycles. The Bertz CT molecular complexity index is 533. The first-order valence-electron chi connectivity index (χ1n) is 6.17. The quantitative estimate of drug-likeness (QED) is 0.864. The van der Waals surface area contributed by atoms with Crippen LogP contribution >= 0.6 is 22.9 Å². The van der Waals surface area contributed by atoms with Gasteiger partial charge in [0.1, 0.15) is 0 Å². The van der Waals surface area contributed by atoms with E-state index in [9.17, 15) is 0 Å². The highest BCUT2D eigenvalue weighted by atomic mass is 35.5. The Kier molecular flexibility index (Phi) is 4.44. The van der Waals surface area contributed by atoms with Crippen molar-refractivity contribution >= 4 is 22.9 Å². The molecule has 0 aliphatic carbocycles. The first-order chi connectivity index (χ1) is 8.65. The second kappa shape index (κ2) is 5.87. The second-order valence-electron chi connectivity index (χ2n) is 4.38. The molecule has 0 aliphatic heterocycles. The maximum atomic E-state index is 6.02. The Morgan fingerprint density at radius 3 is 2.61 bits per heavy atom. The molecular weight excluding hydrogens is 262 g/mol. The molecule has 96 valence electrons. The predicted octanol–water partition coefficient (Wildman–Crippen LogP) is 4.58. The van der Waals surface area contributed by atoms with Crippen LogP contribution in [0.4, 0.5) is 0 Å². The number of nitrogens with one attached hydrogen (secondary N) is 1. The molecule has 1 unspecified atom stereocenters. The molecule has 0 saturated heterocycles. The number of aryl methyl sites for hydroxylation is 2. The van der Waals surface area contributed by atoms with Gasteiger partial charge in [-0.3, -0.25) is 0 Å². The summed E-state index contributed by atoms with van der Waals surface area (Å²) < 4.78 is 0. The summed E-state index contributed by atoms with van der Waals surface area (Å²) in [5.41, 5.74) is 2.53. The fourth-order valence-electron chi connectivity index (χ4n) is 2.15. The zero-order valence-electron chi connectivity index (χ0n) is 11.0. The van der Waals surface area contributed by atoms with Crippen LogP contribution in [0.1, 0.15) is 33.8 Å². The van der Waals surface area contributed by atoms with E-state index in [1.54, 1.807) is 0 Å². The van der Waals surface area contributed by atoms with Crippen molar-refractivity contribution in [2.45, 2.75) is 26.3 Å². The summed E-state index contributed by atoms with van der Waals surface area (Å²) in [5, 5.41) is 4.20. The highest BCUT2D eigenvalue weighted by molar-refractivity contribution is 7.12. The van der Waals surface area contributed by atoms with Gasteiger partial charge in [0.15, 0.2) is 0 Å². The molecule has 0 radical (unpaired) electrons. The van der Waals surface area contributed by atoms with E-state index < -0.39 is 0 Å². The Hall–Kier alpha value is -0.830. The maximum Gasteiger partial charge on any atom is 0.0671 e. The van der Waals surface area contributed by atoms with Gasteiger partial charge in [-0.25, -0.2) is 0 Å². The van der Waals surface area contributed by atoms with Gasteiger partial charge in [0.25, 0.3) is 0 Å². The van der Waals surface area contributed by atoms with E-state index >= 15 is 0 Å². The fraction of sp³-hybridized carbons (Fsp3) is 0.333. The SMILES string of the molecule is CCc1ccc(C(NC)c2ccc(Cl)cc2C)s1.